The zero-order valence-electron chi connectivity index (χ0n) is 12.3. The highest BCUT2D eigenvalue weighted by atomic mass is 15.3. The zero-order chi connectivity index (χ0) is 14.0. The number of nitrogens with two attached hydrogens (primary N) is 1. The number of hydrogen-bond acceptors (Lipinski definition) is 6. The molecule has 6 nitrogen and oxygen atoms in total. The molecule has 0 aromatic carbocycles. The maximum atomic E-state index is 5.54. The molecule has 0 radical (unpaired) electrons. The standard InChI is InChI=1S/C13H24N6/c1-9-8-18(4)6-5-7-19(9)13-10(2)12(17-14)15-11(3)16-13/h9H,5-8,14H2,1-4H3,(H,15,16,17). The second-order valence-corrected chi connectivity index (χ2v) is 5.37. The molecule has 0 bridgehead atoms. The lowest BCUT2D eigenvalue weighted by molar-refractivity contribution is 0.337. The average Bonchev–Trinajstić information content (AvgIpc) is 2.52. The number of nitrogen functional groups attached to an aromatic ring is 1. The van der Waals surface area contributed by atoms with E-state index in [0.717, 1.165) is 43.3 Å². The van der Waals surface area contributed by atoms with Crippen LogP contribution in [0, 0.1) is 13.8 Å². The van der Waals surface area contributed by atoms with E-state index in [9.17, 15) is 0 Å². The lowest BCUT2D eigenvalue weighted by Crippen LogP contribution is -2.39. The van der Waals surface area contributed by atoms with Crippen LogP contribution >= 0.6 is 0 Å². The predicted octanol–water partition coefficient (Wildman–Crippen LogP) is 0.909. The van der Waals surface area contributed by atoms with E-state index in [1.165, 1.54) is 0 Å². The molecule has 1 unspecified atom stereocenters. The van der Waals surface area contributed by atoms with E-state index in [2.05, 4.69) is 39.2 Å². The summed E-state index contributed by atoms with van der Waals surface area (Å²) in [6, 6.07) is 0.436. The van der Waals surface area contributed by atoms with Gasteiger partial charge in [0.1, 0.15) is 17.5 Å². The van der Waals surface area contributed by atoms with Crippen LogP contribution in [-0.4, -0.2) is 47.6 Å². The summed E-state index contributed by atoms with van der Waals surface area (Å²) in [6.45, 7) is 9.37. The smallest absolute Gasteiger partial charge is 0.148 e. The Balaban J connectivity index is 2.37. The summed E-state index contributed by atoms with van der Waals surface area (Å²) in [5, 5.41) is 0. The topological polar surface area (TPSA) is 70.3 Å². The van der Waals surface area contributed by atoms with Crippen molar-refractivity contribution in [3.63, 3.8) is 0 Å². The van der Waals surface area contributed by atoms with Crippen molar-refractivity contribution in [3.8, 4) is 0 Å². The van der Waals surface area contributed by atoms with Gasteiger partial charge in [-0.15, -0.1) is 0 Å². The van der Waals surface area contributed by atoms with Crippen LogP contribution < -0.4 is 16.2 Å². The van der Waals surface area contributed by atoms with Crippen molar-refractivity contribution in [2.75, 3.05) is 37.0 Å². The molecule has 0 aliphatic carbocycles. The molecule has 19 heavy (non-hydrogen) atoms. The van der Waals surface area contributed by atoms with E-state index in [4.69, 9.17) is 5.84 Å². The van der Waals surface area contributed by atoms with Gasteiger partial charge in [0.05, 0.1) is 0 Å². The summed E-state index contributed by atoms with van der Waals surface area (Å²) in [7, 11) is 2.17. The molecule has 1 aromatic heterocycles. The fraction of sp³-hybridized carbons (Fsp3) is 0.692. The summed E-state index contributed by atoms with van der Waals surface area (Å²) in [5.74, 6) is 8.01. The van der Waals surface area contributed by atoms with Gasteiger partial charge in [0.15, 0.2) is 0 Å². The van der Waals surface area contributed by atoms with Gasteiger partial charge in [-0.05, 0) is 40.8 Å². The molecule has 1 aliphatic heterocycles. The van der Waals surface area contributed by atoms with Crippen molar-refractivity contribution >= 4 is 11.6 Å². The summed E-state index contributed by atoms with van der Waals surface area (Å²) >= 11 is 0. The first-order chi connectivity index (χ1) is 9.02. The Kier molecular flexibility index (Phi) is 4.21. The Labute approximate surface area is 115 Å². The lowest BCUT2D eigenvalue weighted by atomic mass is 10.2. The van der Waals surface area contributed by atoms with Gasteiger partial charge in [-0.25, -0.2) is 15.8 Å². The molecule has 0 saturated carbocycles. The van der Waals surface area contributed by atoms with Crippen molar-refractivity contribution in [1.82, 2.24) is 14.9 Å². The van der Waals surface area contributed by atoms with Gasteiger partial charge >= 0.3 is 0 Å². The van der Waals surface area contributed by atoms with E-state index in [-0.39, 0.29) is 0 Å². The van der Waals surface area contributed by atoms with Gasteiger partial charge in [-0.1, -0.05) is 0 Å². The van der Waals surface area contributed by atoms with Crippen LogP contribution in [0.4, 0.5) is 11.6 Å². The summed E-state index contributed by atoms with van der Waals surface area (Å²) in [4.78, 5) is 13.7. The molecule has 3 N–H and O–H groups in total. The van der Waals surface area contributed by atoms with Gasteiger partial charge < -0.3 is 15.2 Å². The highest BCUT2D eigenvalue weighted by Gasteiger charge is 2.23. The minimum absolute atomic E-state index is 0.436. The number of nitrogens with zero attached hydrogens (tertiary/aromatic N) is 4. The Morgan fingerprint density at radius 1 is 1.26 bits per heavy atom. The van der Waals surface area contributed by atoms with Crippen molar-refractivity contribution in [2.45, 2.75) is 33.2 Å². The summed E-state index contributed by atoms with van der Waals surface area (Å²) in [5.41, 5.74) is 3.68. The minimum atomic E-state index is 0.436. The maximum Gasteiger partial charge on any atom is 0.148 e. The van der Waals surface area contributed by atoms with Crippen LogP contribution in [0.15, 0.2) is 0 Å². The summed E-state index contributed by atoms with van der Waals surface area (Å²) < 4.78 is 0. The monoisotopic (exact) mass is 264 g/mol. The molecule has 1 aromatic rings. The Morgan fingerprint density at radius 3 is 2.68 bits per heavy atom. The van der Waals surface area contributed by atoms with E-state index in [1.807, 2.05) is 13.8 Å². The number of rotatable bonds is 2. The van der Waals surface area contributed by atoms with E-state index in [1.54, 1.807) is 0 Å². The Hall–Kier alpha value is -1.40. The molecule has 2 heterocycles. The third-order valence-electron chi connectivity index (χ3n) is 3.69. The molecular weight excluding hydrogens is 240 g/mol. The molecule has 6 heteroatoms. The van der Waals surface area contributed by atoms with E-state index in [0.29, 0.717) is 11.9 Å². The first-order valence-electron chi connectivity index (χ1n) is 6.80. The predicted molar refractivity (Wildman–Crippen MR) is 78.2 cm³/mol. The molecule has 1 saturated heterocycles. The second kappa shape index (κ2) is 5.71. The number of hydrogen-bond donors (Lipinski definition) is 2. The molecular formula is C13H24N6. The van der Waals surface area contributed by atoms with Crippen LogP contribution in [0.2, 0.25) is 0 Å². The van der Waals surface area contributed by atoms with Crippen molar-refractivity contribution in [3.05, 3.63) is 11.4 Å². The number of nitrogens with one attached hydrogen (secondary N) is 1. The largest absolute Gasteiger partial charge is 0.352 e. The zero-order valence-corrected chi connectivity index (χ0v) is 12.3. The number of aromatic nitrogens is 2. The Bertz CT molecular complexity index is 447. The van der Waals surface area contributed by atoms with Gasteiger partial charge in [0, 0.05) is 24.7 Å². The van der Waals surface area contributed by atoms with E-state index >= 15 is 0 Å². The molecule has 1 atom stereocenters. The molecule has 1 fully saturated rings. The first-order valence-corrected chi connectivity index (χ1v) is 6.80. The van der Waals surface area contributed by atoms with E-state index < -0.39 is 0 Å². The third-order valence-corrected chi connectivity index (χ3v) is 3.69. The van der Waals surface area contributed by atoms with Gasteiger partial charge in [0.25, 0.3) is 0 Å². The minimum Gasteiger partial charge on any atom is -0.352 e. The quantitative estimate of drug-likeness (QED) is 0.611. The van der Waals surface area contributed by atoms with Crippen LogP contribution in [0.3, 0.4) is 0 Å². The third kappa shape index (κ3) is 2.96. The Morgan fingerprint density at radius 2 is 2.00 bits per heavy atom. The molecule has 2 rings (SSSR count). The average molecular weight is 264 g/mol. The molecule has 1 aliphatic rings. The lowest BCUT2D eigenvalue weighted by Gasteiger charge is -2.30. The van der Waals surface area contributed by atoms with Crippen molar-refractivity contribution in [2.24, 2.45) is 5.84 Å². The normalized spacial score (nSPS) is 21.3. The van der Waals surface area contributed by atoms with Crippen molar-refractivity contribution in [1.29, 1.82) is 0 Å². The summed E-state index contributed by atoms with van der Waals surface area (Å²) in [6.07, 6.45) is 1.15. The maximum absolute atomic E-state index is 5.54. The number of likely N-dealkylation sites (N-methyl/N-ethyl adjacent to an activating group) is 1. The van der Waals surface area contributed by atoms with Crippen LogP contribution in [0.5, 0.6) is 0 Å². The first kappa shape index (κ1) is 14.0. The highest BCUT2D eigenvalue weighted by Crippen LogP contribution is 2.26. The fourth-order valence-electron chi connectivity index (χ4n) is 2.72. The number of hydrazine groups is 1. The van der Waals surface area contributed by atoms with Gasteiger partial charge in [0.2, 0.25) is 0 Å². The van der Waals surface area contributed by atoms with Crippen LogP contribution in [0.25, 0.3) is 0 Å². The van der Waals surface area contributed by atoms with Crippen molar-refractivity contribution < 1.29 is 0 Å². The second-order valence-electron chi connectivity index (χ2n) is 5.37. The van der Waals surface area contributed by atoms with Crippen LogP contribution in [0.1, 0.15) is 24.7 Å². The SMILES string of the molecule is Cc1nc(NN)c(C)c(N2CCCN(C)CC2C)n1. The van der Waals surface area contributed by atoms with Crippen LogP contribution in [-0.2, 0) is 0 Å². The van der Waals surface area contributed by atoms with Gasteiger partial charge in [-0.3, -0.25) is 0 Å². The fourth-order valence-corrected chi connectivity index (χ4v) is 2.72. The highest BCUT2D eigenvalue weighted by molar-refractivity contribution is 5.58. The molecule has 106 valence electrons. The number of aryl methyl sites for hydroxylation is 1. The number of anilines is 2. The molecule has 0 spiro atoms. The van der Waals surface area contributed by atoms with Gasteiger partial charge in [-0.2, -0.15) is 0 Å². The molecule has 0 amide bonds.